The minimum absolute atomic E-state index is 0.0229. The molecule has 4 atom stereocenters. The van der Waals surface area contributed by atoms with Gasteiger partial charge >= 0.3 is 0 Å². The predicted octanol–water partition coefficient (Wildman–Crippen LogP) is 3.71. The Hall–Kier alpha value is -3.50. The molecule has 0 amide bonds. The van der Waals surface area contributed by atoms with Crippen molar-refractivity contribution in [2.75, 3.05) is 17.7 Å². The molecule has 5 N–H and O–H groups in total. The molecule has 1 saturated heterocycles. The van der Waals surface area contributed by atoms with Crippen molar-refractivity contribution in [3.05, 3.63) is 81.4 Å². The van der Waals surface area contributed by atoms with E-state index in [0.29, 0.717) is 39.4 Å². The van der Waals surface area contributed by atoms with Crippen LogP contribution in [-0.2, 0) is 22.6 Å². The molecule has 4 aromatic rings. The summed E-state index contributed by atoms with van der Waals surface area (Å²) < 4.78 is 13.3. The Balaban J connectivity index is 1.35. The van der Waals surface area contributed by atoms with Gasteiger partial charge in [-0.15, -0.1) is 0 Å². The highest BCUT2D eigenvalue weighted by molar-refractivity contribution is 6.42. The average Bonchev–Trinajstić information content (AvgIpc) is 3.42. The van der Waals surface area contributed by atoms with Crippen LogP contribution in [0.1, 0.15) is 17.4 Å². The van der Waals surface area contributed by atoms with E-state index in [1.165, 1.54) is 6.33 Å². The summed E-state index contributed by atoms with van der Waals surface area (Å²) in [4.78, 5) is 16.2. The molecule has 3 heterocycles. The van der Waals surface area contributed by atoms with Crippen molar-refractivity contribution in [1.29, 1.82) is 0 Å². The van der Waals surface area contributed by atoms with Crippen LogP contribution in [-0.4, -0.2) is 54.7 Å². The lowest BCUT2D eigenvalue weighted by molar-refractivity contribution is -0.0675. The van der Waals surface area contributed by atoms with Gasteiger partial charge in [0.15, 0.2) is 28.9 Å². The second kappa shape index (κ2) is 11.1. The Morgan fingerprint density at radius 2 is 1.84 bits per heavy atom. The van der Waals surface area contributed by atoms with Crippen molar-refractivity contribution < 1.29 is 19.7 Å². The van der Waals surface area contributed by atoms with E-state index in [4.69, 9.17) is 45.0 Å². The minimum Gasteiger partial charge on any atom is -0.387 e. The van der Waals surface area contributed by atoms with Gasteiger partial charge < -0.3 is 30.7 Å². The van der Waals surface area contributed by atoms with Gasteiger partial charge in [0.1, 0.15) is 24.6 Å². The third-order valence-corrected chi connectivity index (χ3v) is 6.89. The molecule has 1 fully saturated rings. The number of imidazole rings is 1. The van der Waals surface area contributed by atoms with Gasteiger partial charge in [-0.3, -0.25) is 4.57 Å². The molecular weight excluding hydrogens is 533 g/mol. The molecule has 2 aromatic heterocycles. The highest BCUT2D eigenvalue weighted by Gasteiger charge is 2.45. The molecule has 2 aromatic carbocycles. The molecule has 2 unspecified atom stereocenters. The lowest BCUT2D eigenvalue weighted by atomic mass is 10.1. The topological polar surface area (TPSA) is 145 Å². The normalized spacial score (nSPS) is 21.0. The molecular formula is C25H23Cl2N7O4. The third kappa shape index (κ3) is 5.23. The van der Waals surface area contributed by atoms with Crippen LogP contribution in [0.25, 0.3) is 16.0 Å². The number of ether oxygens (including phenoxy) is 2. The van der Waals surface area contributed by atoms with Crippen LogP contribution in [0.2, 0.25) is 10.0 Å². The van der Waals surface area contributed by atoms with Gasteiger partial charge in [0.25, 0.3) is 0 Å². The maximum absolute atomic E-state index is 10.9. The fourth-order valence-electron chi connectivity index (χ4n) is 4.16. The predicted molar refractivity (Wildman–Crippen MR) is 142 cm³/mol. The molecule has 196 valence electrons. The van der Waals surface area contributed by atoms with Gasteiger partial charge in [-0.1, -0.05) is 53.5 Å². The van der Waals surface area contributed by atoms with Gasteiger partial charge in [-0.25, -0.2) is 19.8 Å². The average molecular weight is 556 g/mol. The van der Waals surface area contributed by atoms with E-state index in [9.17, 15) is 10.2 Å². The summed E-state index contributed by atoms with van der Waals surface area (Å²) in [6.07, 6.45) is -3.11. The first-order chi connectivity index (χ1) is 18.4. The van der Waals surface area contributed by atoms with Gasteiger partial charge in [-0.2, -0.15) is 0 Å². The number of aliphatic hydroxyl groups is 2. The number of aliphatic hydroxyl groups excluding tert-OH is 2. The highest BCUT2D eigenvalue weighted by atomic mass is 35.5. The van der Waals surface area contributed by atoms with E-state index < -0.39 is 24.5 Å². The number of halogens is 2. The standard InChI is InChI=1S/C25H23Cl2N7O4/c1-29-15-5-2-13(3-6-15)10-37-11-18-20(35)21(36)24(38-18)34-23-19(22(28)31-12-32-23)33-25(34)30-9-14-4-7-16(26)17(27)8-14/h2-8,12,18,20-21,24,35-36H,9-11H2,(H,30,33)(H2,28,31,32)/t18?,20-,21-,24?/m1/s1. The van der Waals surface area contributed by atoms with E-state index >= 15 is 0 Å². The molecule has 0 spiro atoms. The number of fused-ring (bicyclic) bond motifs is 1. The molecule has 0 bridgehead atoms. The zero-order valence-electron chi connectivity index (χ0n) is 19.8. The van der Waals surface area contributed by atoms with Crippen LogP contribution in [0.5, 0.6) is 0 Å². The SMILES string of the molecule is [C-]#[N+]c1ccc(COCC2OC(n3c(NCc4ccc(Cl)c(Cl)c4)nc4c(N)ncnc43)[C@H](O)[C@@H]2O)cc1. The third-order valence-electron chi connectivity index (χ3n) is 6.15. The Labute approximate surface area is 227 Å². The van der Waals surface area contributed by atoms with Crippen LogP contribution in [0.3, 0.4) is 0 Å². The summed E-state index contributed by atoms with van der Waals surface area (Å²) in [6.45, 7) is 7.63. The van der Waals surface area contributed by atoms with Crippen molar-refractivity contribution >= 4 is 51.8 Å². The molecule has 0 radical (unpaired) electrons. The molecule has 38 heavy (non-hydrogen) atoms. The number of nitrogens with zero attached hydrogens (tertiary/aromatic N) is 5. The zero-order valence-corrected chi connectivity index (χ0v) is 21.3. The molecule has 0 saturated carbocycles. The summed E-state index contributed by atoms with van der Waals surface area (Å²) in [7, 11) is 0. The number of hydrogen-bond acceptors (Lipinski definition) is 9. The first-order valence-electron chi connectivity index (χ1n) is 11.6. The van der Waals surface area contributed by atoms with Crippen LogP contribution >= 0.6 is 23.2 Å². The van der Waals surface area contributed by atoms with Crippen molar-refractivity contribution in [3.8, 4) is 0 Å². The molecule has 13 heteroatoms. The van der Waals surface area contributed by atoms with Crippen molar-refractivity contribution in [2.24, 2.45) is 0 Å². The Morgan fingerprint density at radius 3 is 2.58 bits per heavy atom. The summed E-state index contributed by atoms with van der Waals surface area (Å²) >= 11 is 12.2. The smallest absolute Gasteiger partial charge is 0.207 e. The maximum Gasteiger partial charge on any atom is 0.207 e. The van der Waals surface area contributed by atoms with E-state index in [0.717, 1.165) is 11.1 Å². The van der Waals surface area contributed by atoms with Crippen LogP contribution < -0.4 is 11.1 Å². The number of anilines is 2. The number of hydrogen-bond donors (Lipinski definition) is 4. The number of nitrogens with one attached hydrogen (secondary N) is 1. The lowest BCUT2D eigenvalue weighted by Crippen LogP contribution is -2.34. The Bertz CT molecular complexity index is 1490. The van der Waals surface area contributed by atoms with Crippen molar-refractivity contribution in [3.63, 3.8) is 0 Å². The zero-order chi connectivity index (χ0) is 26.8. The molecule has 0 aliphatic carbocycles. The second-order valence-electron chi connectivity index (χ2n) is 8.68. The quantitative estimate of drug-likeness (QED) is 0.239. The highest BCUT2D eigenvalue weighted by Crippen LogP contribution is 2.35. The summed E-state index contributed by atoms with van der Waals surface area (Å²) in [6, 6.07) is 12.2. The largest absolute Gasteiger partial charge is 0.387 e. The van der Waals surface area contributed by atoms with Crippen LogP contribution in [0.15, 0.2) is 48.8 Å². The van der Waals surface area contributed by atoms with E-state index in [1.54, 1.807) is 41.0 Å². The Kier molecular flexibility index (Phi) is 7.62. The number of aromatic nitrogens is 4. The van der Waals surface area contributed by atoms with Gasteiger partial charge in [0.2, 0.25) is 5.95 Å². The molecule has 11 nitrogen and oxygen atoms in total. The maximum atomic E-state index is 10.9. The van der Waals surface area contributed by atoms with E-state index in [-0.39, 0.29) is 19.0 Å². The summed E-state index contributed by atoms with van der Waals surface area (Å²) in [5.74, 6) is 0.458. The minimum atomic E-state index is -1.30. The lowest BCUT2D eigenvalue weighted by Gasteiger charge is -2.20. The van der Waals surface area contributed by atoms with Crippen LogP contribution in [0.4, 0.5) is 17.5 Å². The molecule has 1 aliphatic heterocycles. The molecule has 5 rings (SSSR count). The Morgan fingerprint density at radius 1 is 1.08 bits per heavy atom. The number of nitrogens with two attached hydrogens (primary N) is 1. The molecule has 1 aliphatic rings. The van der Waals surface area contributed by atoms with Gasteiger partial charge in [0.05, 0.1) is 29.8 Å². The fraction of sp³-hybridized carbons (Fsp3) is 0.280. The van der Waals surface area contributed by atoms with Crippen LogP contribution in [0, 0.1) is 6.57 Å². The van der Waals surface area contributed by atoms with Gasteiger partial charge in [0, 0.05) is 6.54 Å². The van der Waals surface area contributed by atoms with E-state index in [2.05, 4.69) is 25.1 Å². The first-order valence-corrected chi connectivity index (χ1v) is 12.3. The summed E-state index contributed by atoms with van der Waals surface area (Å²) in [5, 5.41) is 25.7. The fourth-order valence-corrected chi connectivity index (χ4v) is 4.48. The summed E-state index contributed by atoms with van der Waals surface area (Å²) in [5.41, 5.74) is 8.91. The van der Waals surface area contributed by atoms with Crippen molar-refractivity contribution in [1.82, 2.24) is 19.5 Å². The second-order valence-corrected chi connectivity index (χ2v) is 9.49. The number of nitrogen functional groups attached to an aromatic ring is 1. The number of rotatable bonds is 8. The van der Waals surface area contributed by atoms with Crippen molar-refractivity contribution in [2.45, 2.75) is 37.7 Å². The monoisotopic (exact) mass is 555 g/mol. The van der Waals surface area contributed by atoms with E-state index in [1.807, 2.05) is 6.07 Å². The van der Waals surface area contributed by atoms with Gasteiger partial charge in [-0.05, 0) is 23.3 Å². The first kappa shape index (κ1) is 26.1. The number of benzene rings is 2.